The quantitative estimate of drug-likeness (QED) is 0.360. The SMILES string of the molecule is CC1C(C)C(C)C(C)C1C.CC1C(C)C(C)C(C)C1C.[Cl][Zr][Cl]. The van der Waals surface area contributed by atoms with E-state index in [-0.39, 0.29) is 0 Å². The van der Waals surface area contributed by atoms with Gasteiger partial charge in [-0.25, -0.2) is 0 Å². The number of rotatable bonds is 0. The molecule has 0 aliphatic heterocycles. The summed E-state index contributed by atoms with van der Waals surface area (Å²) in [5.41, 5.74) is 0. The first-order chi connectivity index (χ1) is 10.5. The van der Waals surface area contributed by atoms with E-state index in [0.29, 0.717) is 0 Å². The molecule has 0 aromatic carbocycles. The Hall–Kier alpha value is 1.46. The fourth-order valence-electron chi connectivity index (χ4n) is 4.79. The Morgan fingerprint density at radius 3 is 0.435 bits per heavy atom. The fraction of sp³-hybridized carbons (Fsp3) is 1.00. The summed E-state index contributed by atoms with van der Waals surface area (Å²) in [7, 11) is 9.87. The average molecular weight is 443 g/mol. The van der Waals surface area contributed by atoms with Crippen molar-refractivity contribution in [3.05, 3.63) is 0 Å². The van der Waals surface area contributed by atoms with Gasteiger partial charge in [-0.1, -0.05) is 69.2 Å². The maximum absolute atomic E-state index is 4.93. The van der Waals surface area contributed by atoms with Crippen molar-refractivity contribution in [2.45, 2.75) is 69.2 Å². The molecule has 0 atom stereocenters. The molecule has 0 spiro atoms. The molecule has 0 aromatic heterocycles. The second-order valence-electron chi connectivity index (χ2n) is 8.66. The molecule has 0 amide bonds. The Labute approximate surface area is 165 Å². The van der Waals surface area contributed by atoms with E-state index in [1.165, 1.54) is 0 Å². The van der Waals surface area contributed by atoms with Gasteiger partial charge < -0.3 is 0 Å². The molecule has 2 rings (SSSR count). The van der Waals surface area contributed by atoms with Crippen molar-refractivity contribution in [3.8, 4) is 0 Å². The molecule has 0 nitrogen and oxygen atoms in total. The zero-order chi connectivity index (χ0) is 18.5. The van der Waals surface area contributed by atoms with Gasteiger partial charge in [0.15, 0.2) is 0 Å². The average Bonchev–Trinajstić information content (AvgIpc) is 2.80. The third-order valence-electron chi connectivity index (χ3n) is 8.29. The molecular weight excluding hydrogens is 402 g/mol. The summed E-state index contributed by atoms with van der Waals surface area (Å²) in [4.78, 5) is 0. The van der Waals surface area contributed by atoms with Crippen LogP contribution in [0.4, 0.5) is 0 Å². The van der Waals surface area contributed by atoms with Crippen LogP contribution in [0.15, 0.2) is 0 Å². The van der Waals surface area contributed by atoms with Crippen molar-refractivity contribution in [1.29, 1.82) is 0 Å². The molecule has 0 aromatic rings. The first-order valence-corrected chi connectivity index (χ1v) is 15.8. The van der Waals surface area contributed by atoms with Gasteiger partial charge in [-0.3, -0.25) is 0 Å². The molecule has 138 valence electrons. The minimum absolute atomic E-state index is 0.826. The third-order valence-corrected chi connectivity index (χ3v) is 8.29. The van der Waals surface area contributed by atoms with E-state index in [4.69, 9.17) is 17.0 Å². The monoisotopic (exact) mass is 440 g/mol. The standard InChI is InChI=1S/2C10H20.2ClH.Zr/c2*1-6-7(2)9(4)10(5)8(6)3;;;/h2*6-10H,1-5H3;2*1H;/q;;;;+2/p-2. The molecule has 0 N–H and O–H groups in total. The zero-order valence-electron chi connectivity index (χ0n) is 17.0. The van der Waals surface area contributed by atoms with E-state index in [0.717, 1.165) is 59.2 Å². The van der Waals surface area contributed by atoms with E-state index in [1.54, 1.807) is 0 Å². The van der Waals surface area contributed by atoms with E-state index in [1.807, 2.05) is 0 Å². The van der Waals surface area contributed by atoms with Gasteiger partial charge in [0.25, 0.3) is 0 Å². The Kier molecular flexibility index (Phi) is 11.9. The van der Waals surface area contributed by atoms with Crippen LogP contribution >= 0.6 is 17.0 Å². The molecule has 2 aliphatic rings. The Bertz CT molecular complexity index is 203. The van der Waals surface area contributed by atoms with Crippen molar-refractivity contribution >= 4 is 17.0 Å². The van der Waals surface area contributed by atoms with Gasteiger partial charge in [-0.2, -0.15) is 0 Å². The first kappa shape index (κ1) is 24.5. The van der Waals surface area contributed by atoms with Gasteiger partial charge >= 0.3 is 37.9 Å². The summed E-state index contributed by atoms with van der Waals surface area (Å²) in [6.07, 6.45) is 0. The molecule has 0 unspecified atom stereocenters. The summed E-state index contributed by atoms with van der Waals surface area (Å²) in [5.74, 6) is 9.35. The van der Waals surface area contributed by atoms with Crippen LogP contribution in [0.5, 0.6) is 0 Å². The Balaban J connectivity index is 0.000000360. The van der Waals surface area contributed by atoms with E-state index < -0.39 is 20.8 Å². The second-order valence-corrected chi connectivity index (χ2v) is 12.4. The molecule has 2 aliphatic carbocycles. The fourth-order valence-corrected chi connectivity index (χ4v) is 4.79. The molecule has 23 heavy (non-hydrogen) atoms. The van der Waals surface area contributed by atoms with Crippen LogP contribution < -0.4 is 0 Å². The van der Waals surface area contributed by atoms with Crippen LogP contribution in [0.1, 0.15) is 69.2 Å². The molecule has 0 saturated heterocycles. The summed E-state index contributed by atoms with van der Waals surface area (Å²) < 4.78 is 0. The van der Waals surface area contributed by atoms with Crippen molar-refractivity contribution in [2.24, 2.45) is 59.2 Å². The van der Waals surface area contributed by atoms with E-state index in [9.17, 15) is 0 Å². The van der Waals surface area contributed by atoms with Crippen LogP contribution in [0, 0.1) is 59.2 Å². The predicted octanol–water partition coefficient (Wildman–Crippen LogP) is 7.74. The van der Waals surface area contributed by atoms with Crippen LogP contribution in [-0.4, -0.2) is 0 Å². The minimum atomic E-state index is -0.826. The molecule has 3 heteroatoms. The normalized spacial score (nSPS) is 48.9. The van der Waals surface area contributed by atoms with Crippen LogP contribution in [0.3, 0.4) is 0 Å². The first-order valence-electron chi connectivity index (χ1n) is 9.48. The number of hydrogen-bond acceptors (Lipinski definition) is 0. The van der Waals surface area contributed by atoms with Crippen molar-refractivity contribution in [3.63, 3.8) is 0 Å². The Morgan fingerprint density at radius 2 is 0.391 bits per heavy atom. The van der Waals surface area contributed by atoms with Gasteiger partial charge in [-0.15, -0.1) is 0 Å². The van der Waals surface area contributed by atoms with Crippen LogP contribution in [0.2, 0.25) is 0 Å². The second kappa shape index (κ2) is 11.2. The predicted molar refractivity (Wildman–Crippen MR) is 103 cm³/mol. The van der Waals surface area contributed by atoms with E-state index in [2.05, 4.69) is 69.2 Å². The molecule has 0 bridgehead atoms. The van der Waals surface area contributed by atoms with Gasteiger partial charge in [-0.05, 0) is 59.2 Å². The van der Waals surface area contributed by atoms with Gasteiger partial charge in [0.1, 0.15) is 0 Å². The third kappa shape index (κ3) is 6.29. The zero-order valence-corrected chi connectivity index (χ0v) is 21.0. The molecular formula is C20H40Cl2Zr. The molecule has 0 radical (unpaired) electrons. The van der Waals surface area contributed by atoms with Crippen molar-refractivity contribution < 1.29 is 20.8 Å². The summed E-state index contributed by atoms with van der Waals surface area (Å²) in [6, 6.07) is 0. The Morgan fingerprint density at radius 1 is 0.348 bits per heavy atom. The summed E-state index contributed by atoms with van der Waals surface area (Å²) >= 11 is -0.826. The molecule has 0 heterocycles. The number of hydrogen-bond donors (Lipinski definition) is 0. The van der Waals surface area contributed by atoms with Gasteiger partial charge in [0.2, 0.25) is 0 Å². The van der Waals surface area contributed by atoms with E-state index >= 15 is 0 Å². The molecule has 2 saturated carbocycles. The summed E-state index contributed by atoms with van der Waals surface area (Å²) in [5, 5.41) is 0. The maximum atomic E-state index is 4.93. The summed E-state index contributed by atoms with van der Waals surface area (Å²) in [6.45, 7) is 24.0. The van der Waals surface area contributed by atoms with Gasteiger partial charge in [0.05, 0.1) is 0 Å². The van der Waals surface area contributed by atoms with Crippen molar-refractivity contribution in [2.75, 3.05) is 0 Å². The molecule has 2 fully saturated rings. The van der Waals surface area contributed by atoms with Crippen LogP contribution in [0.25, 0.3) is 0 Å². The van der Waals surface area contributed by atoms with Gasteiger partial charge in [0, 0.05) is 0 Å². The van der Waals surface area contributed by atoms with Crippen molar-refractivity contribution in [1.82, 2.24) is 0 Å². The van der Waals surface area contributed by atoms with Crippen LogP contribution in [-0.2, 0) is 20.8 Å². The topological polar surface area (TPSA) is 0 Å². The number of halogens is 2.